The molecule has 3 fully saturated rings. The molecule has 0 aromatic carbocycles. The van der Waals surface area contributed by atoms with Gasteiger partial charge in [-0.3, -0.25) is 9.80 Å². The highest BCUT2D eigenvalue weighted by Crippen LogP contribution is 2.32. The lowest BCUT2D eigenvalue weighted by molar-refractivity contribution is -0.0165. The SMILES string of the molecule is CCC1CCCC(N2CC(N3CCNCC3)C2)C1. The van der Waals surface area contributed by atoms with Gasteiger partial charge in [0.2, 0.25) is 0 Å². The highest BCUT2D eigenvalue weighted by atomic mass is 15.3. The number of rotatable bonds is 3. The molecule has 0 aromatic rings. The normalized spacial score (nSPS) is 36.5. The molecular formula is C15H29N3. The van der Waals surface area contributed by atoms with Gasteiger partial charge < -0.3 is 5.32 Å². The summed E-state index contributed by atoms with van der Waals surface area (Å²) in [7, 11) is 0. The monoisotopic (exact) mass is 251 g/mol. The second-order valence-electron chi connectivity index (χ2n) is 6.49. The van der Waals surface area contributed by atoms with Crippen LogP contribution in [-0.4, -0.2) is 61.2 Å². The molecule has 104 valence electrons. The fourth-order valence-corrected chi connectivity index (χ4v) is 4.03. The Morgan fingerprint density at radius 3 is 2.50 bits per heavy atom. The van der Waals surface area contributed by atoms with Gasteiger partial charge >= 0.3 is 0 Å². The first-order chi connectivity index (χ1) is 8.86. The summed E-state index contributed by atoms with van der Waals surface area (Å²) in [6, 6.07) is 1.79. The number of likely N-dealkylation sites (tertiary alicyclic amines) is 1. The van der Waals surface area contributed by atoms with E-state index in [1.54, 1.807) is 0 Å². The molecule has 3 nitrogen and oxygen atoms in total. The van der Waals surface area contributed by atoms with Gasteiger partial charge in [0, 0.05) is 51.4 Å². The second kappa shape index (κ2) is 5.89. The lowest BCUT2D eigenvalue weighted by atomic mass is 9.82. The summed E-state index contributed by atoms with van der Waals surface area (Å²) >= 11 is 0. The highest BCUT2D eigenvalue weighted by molar-refractivity contribution is 4.94. The van der Waals surface area contributed by atoms with Crippen LogP contribution >= 0.6 is 0 Å². The molecule has 0 spiro atoms. The standard InChI is InChI=1S/C15H29N3/c1-2-13-4-3-5-14(10-13)18-11-15(12-18)17-8-6-16-7-9-17/h13-16H,2-12H2,1H3. The largest absolute Gasteiger partial charge is 0.314 e. The molecule has 2 saturated heterocycles. The maximum Gasteiger partial charge on any atom is 0.0351 e. The lowest BCUT2D eigenvalue weighted by Crippen LogP contribution is -2.65. The van der Waals surface area contributed by atoms with Crippen molar-refractivity contribution >= 4 is 0 Å². The molecule has 1 saturated carbocycles. The Morgan fingerprint density at radius 2 is 1.78 bits per heavy atom. The third kappa shape index (κ3) is 2.73. The smallest absolute Gasteiger partial charge is 0.0351 e. The van der Waals surface area contributed by atoms with Crippen LogP contribution in [0.1, 0.15) is 39.0 Å². The first kappa shape index (κ1) is 12.9. The van der Waals surface area contributed by atoms with Gasteiger partial charge in [-0.15, -0.1) is 0 Å². The van der Waals surface area contributed by atoms with Gasteiger partial charge in [0.25, 0.3) is 0 Å². The fraction of sp³-hybridized carbons (Fsp3) is 1.00. The minimum absolute atomic E-state index is 0.870. The predicted molar refractivity (Wildman–Crippen MR) is 75.8 cm³/mol. The van der Waals surface area contributed by atoms with Crippen molar-refractivity contribution in [1.82, 2.24) is 15.1 Å². The van der Waals surface area contributed by atoms with Gasteiger partial charge in [-0.2, -0.15) is 0 Å². The molecule has 2 heterocycles. The van der Waals surface area contributed by atoms with E-state index >= 15 is 0 Å². The molecule has 2 aliphatic heterocycles. The molecule has 0 amide bonds. The van der Waals surface area contributed by atoms with E-state index < -0.39 is 0 Å². The molecule has 0 bridgehead atoms. The molecule has 0 aromatic heterocycles. The van der Waals surface area contributed by atoms with Crippen LogP contribution in [0.4, 0.5) is 0 Å². The van der Waals surface area contributed by atoms with Gasteiger partial charge in [-0.1, -0.05) is 26.2 Å². The van der Waals surface area contributed by atoms with E-state index in [0.717, 1.165) is 18.0 Å². The average molecular weight is 251 g/mol. The zero-order valence-corrected chi connectivity index (χ0v) is 11.9. The van der Waals surface area contributed by atoms with E-state index in [2.05, 4.69) is 22.0 Å². The molecule has 0 radical (unpaired) electrons. The van der Waals surface area contributed by atoms with Crippen molar-refractivity contribution in [3.63, 3.8) is 0 Å². The molecule has 1 aliphatic carbocycles. The van der Waals surface area contributed by atoms with Crippen LogP contribution in [0.5, 0.6) is 0 Å². The van der Waals surface area contributed by atoms with Crippen molar-refractivity contribution in [2.24, 2.45) is 5.92 Å². The Balaban J connectivity index is 1.43. The van der Waals surface area contributed by atoms with Crippen molar-refractivity contribution in [2.75, 3.05) is 39.3 Å². The first-order valence-corrected chi connectivity index (χ1v) is 8.05. The van der Waals surface area contributed by atoms with Crippen LogP contribution in [0.3, 0.4) is 0 Å². The van der Waals surface area contributed by atoms with E-state index in [-0.39, 0.29) is 0 Å². The second-order valence-corrected chi connectivity index (χ2v) is 6.49. The molecule has 3 rings (SSSR count). The molecule has 3 heteroatoms. The van der Waals surface area contributed by atoms with Crippen LogP contribution in [-0.2, 0) is 0 Å². The summed E-state index contributed by atoms with van der Waals surface area (Å²) in [5.74, 6) is 1.02. The van der Waals surface area contributed by atoms with Crippen LogP contribution in [0, 0.1) is 5.92 Å². The maximum absolute atomic E-state index is 3.45. The number of hydrogen-bond donors (Lipinski definition) is 1. The summed E-state index contributed by atoms with van der Waals surface area (Å²) in [5, 5.41) is 3.45. The van der Waals surface area contributed by atoms with Crippen molar-refractivity contribution in [2.45, 2.75) is 51.1 Å². The Hall–Kier alpha value is -0.120. The third-order valence-electron chi connectivity index (χ3n) is 5.41. The molecular weight excluding hydrogens is 222 g/mol. The predicted octanol–water partition coefficient (Wildman–Crippen LogP) is 1.54. The molecule has 3 aliphatic rings. The van der Waals surface area contributed by atoms with E-state index in [0.29, 0.717) is 0 Å². The summed E-state index contributed by atoms with van der Waals surface area (Å²) in [5.41, 5.74) is 0. The number of hydrogen-bond acceptors (Lipinski definition) is 3. The van der Waals surface area contributed by atoms with Gasteiger partial charge in [0.1, 0.15) is 0 Å². The maximum atomic E-state index is 3.45. The first-order valence-electron chi connectivity index (χ1n) is 8.05. The Morgan fingerprint density at radius 1 is 1.00 bits per heavy atom. The summed E-state index contributed by atoms with van der Waals surface area (Å²) in [6.07, 6.45) is 7.29. The summed E-state index contributed by atoms with van der Waals surface area (Å²) in [6.45, 7) is 9.98. The zero-order valence-electron chi connectivity index (χ0n) is 11.9. The third-order valence-corrected chi connectivity index (χ3v) is 5.41. The Bertz CT molecular complexity index is 256. The average Bonchev–Trinajstić information content (AvgIpc) is 2.39. The summed E-state index contributed by atoms with van der Waals surface area (Å²) < 4.78 is 0. The van der Waals surface area contributed by atoms with Crippen LogP contribution in [0.15, 0.2) is 0 Å². The van der Waals surface area contributed by atoms with Crippen LogP contribution in [0.2, 0.25) is 0 Å². The van der Waals surface area contributed by atoms with Crippen molar-refractivity contribution in [3.8, 4) is 0 Å². The molecule has 2 unspecified atom stereocenters. The van der Waals surface area contributed by atoms with Crippen molar-refractivity contribution < 1.29 is 0 Å². The molecule has 18 heavy (non-hydrogen) atoms. The fourth-order valence-electron chi connectivity index (χ4n) is 4.03. The van der Waals surface area contributed by atoms with Gasteiger partial charge in [-0.05, 0) is 18.8 Å². The number of piperazine rings is 1. The minimum Gasteiger partial charge on any atom is -0.314 e. The van der Waals surface area contributed by atoms with Crippen molar-refractivity contribution in [3.05, 3.63) is 0 Å². The Kier molecular flexibility index (Phi) is 4.22. The summed E-state index contributed by atoms with van der Waals surface area (Å²) in [4.78, 5) is 5.47. The Labute approximate surface area is 112 Å². The van der Waals surface area contributed by atoms with Crippen molar-refractivity contribution in [1.29, 1.82) is 0 Å². The van der Waals surface area contributed by atoms with Crippen LogP contribution in [0.25, 0.3) is 0 Å². The minimum atomic E-state index is 0.870. The molecule has 1 N–H and O–H groups in total. The topological polar surface area (TPSA) is 18.5 Å². The molecule has 2 atom stereocenters. The zero-order chi connectivity index (χ0) is 12.4. The number of nitrogens with one attached hydrogen (secondary N) is 1. The van der Waals surface area contributed by atoms with E-state index in [9.17, 15) is 0 Å². The van der Waals surface area contributed by atoms with Gasteiger partial charge in [-0.25, -0.2) is 0 Å². The van der Waals surface area contributed by atoms with Crippen LogP contribution < -0.4 is 5.32 Å². The highest BCUT2D eigenvalue weighted by Gasteiger charge is 2.37. The lowest BCUT2D eigenvalue weighted by Gasteiger charge is -2.51. The van der Waals surface area contributed by atoms with E-state index in [1.165, 1.54) is 71.4 Å². The van der Waals surface area contributed by atoms with E-state index in [1.807, 2.05) is 0 Å². The number of nitrogens with zero attached hydrogens (tertiary/aromatic N) is 2. The quantitative estimate of drug-likeness (QED) is 0.821. The van der Waals surface area contributed by atoms with E-state index in [4.69, 9.17) is 0 Å². The van der Waals surface area contributed by atoms with Gasteiger partial charge in [0.15, 0.2) is 0 Å². The van der Waals surface area contributed by atoms with Gasteiger partial charge in [0.05, 0.1) is 0 Å².